The highest BCUT2D eigenvalue weighted by Crippen LogP contribution is 2.40. The zero-order valence-electron chi connectivity index (χ0n) is 12.2. The predicted molar refractivity (Wildman–Crippen MR) is 74.4 cm³/mol. The summed E-state index contributed by atoms with van der Waals surface area (Å²) in [4.78, 5) is 0. The molecule has 1 aromatic carbocycles. The first-order valence-corrected chi connectivity index (χ1v) is 6.10. The molecule has 0 amide bonds. The third-order valence-corrected chi connectivity index (χ3v) is 2.78. The van der Waals surface area contributed by atoms with E-state index in [0.717, 1.165) is 0 Å². The van der Waals surface area contributed by atoms with Crippen molar-refractivity contribution in [3.8, 4) is 29.1 Å². The van der Waals surface area contributed by atoms with E-state index in [0.29, 0.717) is 36.0 Å². The van der Waals surface area contributed by atoms with Crippen molar-refractivity contribution < 1.29 is 18.9 Å². The first kappa shape index (κ1) is 15.9. The Morgan fingerprint density at radius 3 is 2.10 bits per heavy atom. The molecule has 0 spiro atoms. The van der Waals surface area contributed by atoms with Crippen molar-refractivity contribution in [3.05, 3.63) is 12.1 Å². The molecule has 110 valence electrons. The third kappa shape index (κ3) is 3.93. The number of nitrogens with two attached hydrogens (primary N) is 1. The fraction of sp³-hybridized carbons (Fsp3) is 0.500. The maximum atomic E-state index is 8.84. The molecule has 0 bridgehead atoms. The lowest BCUT2D eigenvalue weighted by Crippen LogP contribution is -2.35. The SMILES string of the molecule is COc1cc(OCCC(C)(N)C#N)cc(OC)c1OC. The van der Waals surface area contributed by atoms with Gasteiger partial charge >= 0.3 is 0 Å². The molecule has 0 aromatic heterocycles. The maximum absolute atomic E-state index is 8.84. The van der Waals surface area contributed by atoms with Crippen LogP contribution in [0, 0.1) is 11.3 Å². The maximum Gasteiger partial charge on any atom is 0.203 e. The molecule has 0 saturated heterocycles. The summed E-state index contributed by atoms with van der Waals surface area (Å²) in [5, 5.41) is 8.84. The van der Waals surface area contributed by atoms with Crippen molar-refractivity contribution in [2.45, 2.75) is 18.9 Å². The Morgan fingerprint density at radius 2 is 1.70 bits per heavy atom. The first-order chi connectivity index (χ1) is 9.47. The Kier molecular flexibility index (Phi) is 5.47. The molecule has 2 N–H and O–H groups in total. The summed E-state index contributed by atoms with van der Waals surface area (Å²) in [7, 11) is 4.61. The monoisotopic (exact) mass is 280 g/mol. The smallest absolute Gasteiger partial charge is 0.203 e. The van der Waals surface area contributed by atoms with Gasteiger partial charge in [-0.2, -0.15) is 5.26 Å². The zero-order valence-corrected chi connectivity index (χ0v) is 12.2. The Labute approximate surface area is 119 Å². The standard InChI is InChI=1S/C14H20N2O4/c1-14(16,9-15)5-6-20-10-7-11(17-2)13(19-4)12(8-10)18-3/h7-8H,5-6,16H2,1-4H3. The predicted octanol–water partition coefficient (Wildman–Crippen LogP) is 1.72. The van der Waals surface area contributed by atoms with E-state index in [9.17, 15) is 0 Å². The van der Waals surface area contributed by atoms with Gasteiger partial charge in [0.25, 0.3) is 0 Å². The van der Waals surface area contributed by atoms with Gasteiger partial charge in [0, 0.05) is 18.6 Å². The summed E-state index contributed by atoms with van der Waals surface area (Å²) in [5.41, 5.74) is 4.83. The molecule has 0 radical (unpaired) electrons. The van der Waals surface area contributed by atoms with Crippen molar-refractivity contribution in [2.24, 2.45) is 5.73 Å². The van der Waals surface area contributed by atoms with Crippen molar-refractivity contribution in [2.75, 3.05) is 27.9 Å². The highest BCUT2D eigenvalue weighted by molar-refractivity contribution is 5.55. The van der Waals surface area contributed by atoms with Crippen LogP contribution >= 0.6 is 0 Å². The van der Waals surface area contributed by atoms with Crippen LogP contribution in [0.1, 0.15) is 13.3 Å². The van der Waals surface area contributed by atoms with E-state index < -0.39 is 5.54 Å². The number of rotatable bonds is 7. The highest BCUT2D eigenvalue weighted by atomic mass is 16.5. The molecule has 1 unspecified atom stereocenters. The number of methoxy groups -OCH3 is 3. The molecule has 1 rings (SSSR count). The summed E-state index contributed by atoms with van der Waals surface area (Å²) in [5.74, 6) is 2.09. The minimum atomic E-state index is -0.902. The van der Waals surface area contributed by atoms with Crippen molar-refractivity contribution in [1.29, 1.82) is 5.26 Å². The van der Waals surface area contributed by atoms with Gasteiger partial charge in [-0.25, -0.2) is 0 Å². The molecule has 20 heavy (non-hydrogen) atoms. The summed E-state index contributed by atoms with van der Waals surface area (Å²) < 4.78 is 21.3. The van der Waals surface area contributed by atoms with Gasteiger partial charge < -0.3 is 24.7 Å². The molecule has 0 aliphatic carbocycles. The van der Waals surface area contributed by atoms with Gasteiger partial charge in [0.05, 0.1) is 34.0 Å². The normalized spacial score (nSPS) is 13.0. The number of hydrogen-bond donors (Lipinski definition) is 1. The summed E-state index contributed by atoms with van der Waals surface area (Å²) in [6, 6.07) is 5.41. The largest absolute Gasteiger partial charge is 0.493 e. The minimum Gasteiger partial charge on any atom is -0.493 e. The van der Waals surface area contributed by atoms with Crippen LogP contribution in [-0.2, 0) is 0 Å². The van der Waals surface area contributed by atoms with E-state index in [4.69, 9.17) is 29.9 Å². The zero-order chi connectivity index (χ0) is 15.2. The van der Waals surface area contributed by atoms with Crippen LogP contribution < -0.4 is 24.7 Å². The summed E-state index contributed by atoms with van der Waals surface area (Å²) in [6.45, 7) is 1.98. The second kappa shape index (κ2) is 6.87. The van der Waals surface area contributed by atoms with Gasteiger partial charge in [-0.3, -0.25) is 0 Å². The van der Waals surface area contributed by atoms with E-state index in [1.165, 1.54) is 21.3 Å². The highest BCUT2D eigenvalue weighted by Gasteiger charge is 2.18. The summed E-state index contributed by atoms with van der Waals surface area (Å²) >= 11 is 0. The molecular formula is C14H20N2O4. The lowest BCUT2D eigenvalue weighted by atomic mass is 10.0. The first-order valence-electron chi connectivity index (χ1n) is 6.10. The Morgan fingerprint density at radius 1 is 1.15 bits per heavy atom. The molecule has 0 aliphatic heterocycles. The molecule has 1 aromatic rings. The number of ether oxygens (including phenoxy) is 4. The van der Waals surface area contributed by atoms with Crippen LogP contribution in [0.5, 0.6) is 23.0 Å². The van der Waals surface area contributed by atoms with Crippen LogP contribution in [0.25, 0.3) is 0 Å². The quantitative estimate of drug-likeness (QED) is 0.818. The number of benzene rings is 1. The molecule has 6 heteroatoms. The van der Waals surface area contributed by atoms with Gasteiger partial charge in [0.2, 0.25) is 5.75 Å². The van der Waals surface area contributed by atoms with Gasteiger partial charge in [0.1, 0.15) is 11.3 Å². The Bertz CT molecular complexity index is 469. The van der Waals surface area contributed by atoms with E-state index in [2.05, 4.69) is 0 Å². The average molecular weight is 280 g/mol. The van der Waals surface area contributed by atoms with Gasteiger partial charge in [0.15, 0.2) is 11.5 Å². The fourth-order valence-corrected chi connectivity index (χ4v) is 1.58. The van der Waals surface area contributed by atoms with Crippen molar-refractivity contribution in [3.63, 3.8) is 0 Å². The lowest BCUT2D eigenvalue weighted by molar-refractivity contribution is 0.278. The molecule has 1 atom stereocenters. The van der Waals surface area contributed by atoms with Crippen LogP contribution in [-0.4, -0.2) is 33.5 Å². The van der Waals surface area contributed by atoms with E-state index in [1.807, 2.05) is 6.07 Å². The number of nitriles is 1. The third-order valence-electron chi connectivity index (χ3n) is 2.78. The average Bonchev–Trinajstić information content (AvgIpc) is 2.45. The van der Waals surface area contributed by atoms with E-state index in [1.54, 1.807) is 19.1 Å². The number of hydrogen-bond acceptors (Lipinski definition) is 6. The Hall–Kier alpha value is -2.13. The van der Waals surface area contributed by atoms with Crippen molar-refractivity contribution in [1.82, 2.24) is 0 Å². The fourth-order valence-electron chi connectivity index (χ4n) is 1.58. The van der Waals surface area contributed by atoms with Gasteiger partial charge in [-0.1, -0.05) is 0 Å². The molecule has 0 aliphatic rings. The summed E-state index contributed by atoms with van der Waals surface area (Å²) in [6.07, 6.45) is 0.417. The molecule has 0 heterocycles. The van der Waals surface area contributed by atoms with Crippen LogP contribution in [0.15, 0.2) is 12.1 Å². The van der Waals surface area contributed by atoms with Gasteiger partial charge in [-0.05, 0) is 6.92 Å². The molecular weight excluding hydrogens is 260 g/mol. The van der Waals surface area contributed by atoms with Gasteiger partial charge in [-0.15, -0.1) is 0 Å². The van der Waals surface area contributed by atoms with E-state index in [-0.39, 0.29) is 0 Å². The van der Waals surface area contributed by atoms with Crippen LogP contribution in [0.4, 0.5) is 0 Å². The van der Waals surface area contributed by atoms with Crippen LogP contribution in [0.2, 0.25) is 0 Å². The second-order valence-electron chi connectivity index (χ2n) is 4.49. The van der Waals surface area contributed by atoms with Crippen LogP contribution in [0.3, 0.4) is 0 Å². The topological polar surface area (TPSA) is 86.7 Å². The molecule has 0 saturated carbocycles. The molecule has 0 fully saturated rings. The minimum absolute atomic E-state index is 0.319. The second-order valence-corrected chi connectivity index (χ2v) is 4.49. The van der Waals surface area contributed by atoms with Crippen molar-refractivity contribution >= 4 is 0 Å². The lowest BCUT2D eigenvalue weighted by Gasteiger charge is -2.17. The Balaban J connectivity index is 2.84. The number of nitrogens with zero attached hydrogens (tertiary/aromatic N) is 1. The molecule has 6 nitrogen and oxygen atoms in total. The van der Waals surface area contributed by atoms with E-state index >= 15 is 0 Å².